The number of methoxy groups -OCH3 is 3. The first-order chi connectivity index (χ1) is 17.2. The molecule has 1 heterocycles. The largest absolute Gasteiger partial charge is 0.493 e. The number of aromatic nitrogens is 3. The van der Waals surface area contributed by atoms with Gasteiger partial charge in [-0.25, -0.2) is 4.68 Å². The first-order valence-electron chi connectivity index (χ1n) is 11.8. The number of carbonyl (C=O) groups excluding carboxylic acids is 2. The lowest BCUT2D eigenvalue weighted by molar-refractivity contribution is -0.143. The molecule has 0 saturated heterocycles. The van der Waals surface area contributed by atoms with Crippen LogP contribution in [0.15, 0.2) is 42.5 Å². The summed E-state index contributed by atoms with van der Waals surface area (Å²) in [5.41, 5.74) is 1.54. The Morgan fingerprint density at radius 3 is 2.47 bits per heavy atom. The third kappa shape index (κ3) is 6.12. The van der Waals surface area contributed by atoms with E-state index >= 15 is 0 Å². The van der Waals surface area contributed by atoms with E-state index in [0.29, 0.717) is 29.0 Å². The molecule has 2 aromatic carbocycles. The molecule has 1 N–H and O–H groups in total. The van der Waals surface area contributed by atoms with Crippen LogP contribution in [0.3, 0.4) is 0 Å². The maximum Gasteiger partial charge on any atom is 0.247 e. The van der Waals surface area contributed by atoms with Crippen molar-refractivity contribution in [3.05, 3.63) is 48.0 Å². The van der Waals surface area contributed by atoms with Gasteiger partial charge in [0.1, 0.15) is 18.1 Å². The fourth-order valence-corrected chi connectivity index (χ4v) is 3.83. The van der Waals surface area contributed by atoms with Crippen LogP contribution in [-0.2, 0) is 20.9 Å². The summed E-state index contributed by atoms with van der Waals surface area (Å²) >= 11 is 0. The van der Waals surface area contributed by atoms with Crippen LogP contribution in [0.2, 0.25) is 0 Å². The molecule has 0 fully saturated rings. The highest BCUT2D eigenvalue weighted by atomic mass is 16.5. The van der Waals surface area contributed by atoms with E-state index < -0.39 is 11.6 Å². The van der Waals surface area contributed by atoms with Crippen LogP contribution in [0.1, 0.15) is 38.8 Å². The van der Waals surface area contributed by atoms with Gasteiger partial charge in [0.2, 0.25) is 11.8 Å². The molecule has 0 unspecified atom stereocenters. The Balaban J connectivity index is 2.05. The molecule has 10 heteroatoms. The zero-order valence-corrected chi connectivity index (χ0v) is 21.8. The summed E-state index contributed by atoms with van der Waals surface area (Å²) in [7, 11) is 4.63. The van der Waals surface area contributed by atoms with Crippen LogP contribution in [0.4, 0.5) is 0 Å². The Hall–Kier alpha value is -3.66. The molecule has 0 aliphatic rings. The van der Waals surface area contributed by atoms with Gasteiger partial charge < -0.3 is 24.4 Å². The first-order valence-corrected chi connectivity index (χ1v) is 11.8. The Morgan fingerprint density at radius 1 is 1.08 bits per heavy atom. The van der Waals surface area contributed by atoms with E-state index in [-0.39, 0.29) is 31.5 Å². The summed E-state index contributed by atoms with van der Waals surface area (Å²) in [6, 6.07) is 11.7. The maximum atomic E-state index is 13.7. The minimum Gasteiger partial charge on any atom is -0.493 e. The van der Waals surface area contributed by atoms with E-state index in [0.717, 1.165) is 5.52 Å². The maximum absolute atomic E-state index is 13.7. The highest BCUT2D eigenvalue weighted by molar-refractivity contribution is 5.89. The highest BCUT2D eigenvalue weighted by Crippen LogP contribution is 2.33. The van der Waals surface area contributed by atoms with Crippen LogP contribution in [0.25, 0.3) is 11.0 Å². The topological polar surface area (TPSA) is 108 Å². The summed E-state index contributed by atoms with van der Waals surface area (Å²) in [5.74, 6) is 0.385. The lowest BCUT2D eigenvalue weighted by Crippen LogP contribution is -2.51. The third-order valence-corrected chi connectivity index (χ3v) is 6.19. The van der Waals surface area contributed by atoms with Crippen molar-refractivity contribution >= 4 is 22.8 Å². The first kappa shape index (κ1) is 26.9. The summed E-state index contributed by atoms with van der Waals surface area (Å²) in [5, 5.41) is 11.4. The van der Waals surface area contributed by atoms with Gasteiger partial charge in [-0.2, -0.15) is 0 Å². The molecule has 2 amide bonds. The molecule has 1 atom stereocenters. The number of nitrogens with zero attached hydrogens (tertiary/aromatic N) is 4. The van der Waals surface area contributed by atoms with E-state index in [1.165, 1.54) is 16.7 Å². The van der Waals surface area contributed by atoms with Crippen molar-refractivity contribution in [2.24, 2.45) is 0 Å². The minimum absolute atomic E-state index is 0.0849. The van der Waals surface area contributed by atoms with Crippen molar-refractivity contribution in [3.63, 3.8) is 0 Å². The number of nitrogens with one attached hydrogen (secondary N) is 1. The fourth-order valence-electron chi connectivity index (χ4n) is 3.83. The Bertz CT molecular complexity index is 1190. The molecule has 0 bridgehead atoms. The smallest absolute Gasteiger partial charge is 0.247 e. The number of para-hydroxylation sites is 1. The summed E-state index contributed by atoms with van der Waals surface area (Å²) < 4.78 is 17.7. The second-order valence-electron chi connectivity index (χ2n) is 9.06. The number of ether oxygens (including phenoxy) is 3. The quantitative estimate of drug-likeness (QED) is 0.410. The second-order valence-corrected chi connectivity index (χ2v) is 9.06. The predicted octanol–water partition coefficient (Wildman–Crippen LogP) is 2.97. The van der Waals surface area contributed by atoms with Crippen LogP contribution in [0.5, 0.6) is 11.5 Å². The Kier molecular flexibility index (Phi) is 8.87. The molecule has 0 radical (unpaired) electrons. The molecular weight excluding hydrogens is 462 g/mol. The molecular formula is C26H35N5O5. The summed E-state index contributed by atoms with van der Waals surface area (Å²) in [6.07, 6.45) is 0.717. The molecule has 0 saturated carbocycles. The van der Waals surface area contributed by atoms with Gasteiger partial charge in [0.05, 0.1) is 26.3 Å². The Morgan fingerprint density at radius 2 is 1.81 bits per heavy atom. The predicted molar refractivity (Wildman–Crippen MR) is 136 cm³/mol. The number of hydrogen-bond acceptors (Lipinski definition) is 7. The van der Waals surface area contributed by atoms with Crippen LogP contribution in [0, 0.1) is 0 Å². The normalized spacial score (nSPS) is 12.3. The van der Waals surface area contributed by atoms with E-state index in [1.54, 1.807) is 32.4 Å². The van der Waals surface area contributed by atoms with Crippen LogP contribution >= 0.6 is 0 Å². The van der Waals surface area contributed by atoms with E-state index in [9.17, 15) is 9.59 Å². The number of hydrogen-bond donors (Lipinski definition) is 1. The van der Waals surface area contributed by atoms with Gasteiger partial charge >= 0.3 is 0 Å². The van der Waals surface area contributed by atoms with Crippen molar-refractivity contribution < 1.29 is 23.8 Å². The number of rotatable bonds is 12. The molecule has 0 aliphatic carbocycles. The molecule has 0 spiro atoms. The monoisotopic (exact) mass is 497 g/mol. The number of benzene rings is 2. The van der Waals surface area contributed by atoms with Gasteiger partial charge in [0.25, 0.3) is 0 Å². The molecule has 36 heavy (non-hydrogen) atoms. The van der Waals surface area contributed by atoms with Crippen molar-refractivity contribution in [2.75, 3.05) is 34.5 Å². The lowest BCUT2D eigenvalue weighted by Gasteiger charge is -2.34. The lowest BCUT2D eigenvalue weighted by atomic mass is 9.98. The molecule has 194 valence electrons. The number of carbonyl (C=O) groups is 2. The third-order valence-electron chi connectivity index (χ3n) is 6.19. The van der Waals surface area contributed by atoms with Crippen molar-refractivity contribution in [1.82, 2.24) is 25.2 Å². The molecule has 3 aromatic rings. The van der Waals surface area contributed by atoms with Crippen molar-refractivity contribution in [2.45, 2.75) is 45.3 Å². The van der Waals surface area contributed by atoms with Crippen LogP contribution < -0.4 is 14.8 Å². The van der Waals surface area contributed by atoms with Gasteiger partial charge in [-0.1, -0.05) is 30.3 Å². The molecule has 1 aromatic heterocycles. The van der Waals surface area contributed by atoms with Gasteiger partial charge in [0.15, 0.2) is 11.5 Å². The van der Waals surface area contributed by atoms with Gasteiger partial charge in [-0.3, -0.25) is 9.59 Å². The highest BCUT2D eigenvalue weighted by Gasteiger charge is 2.34. The van der Waals surface area contributed by atoms with E-state index in [2.05, 4.69) is 15.6 Å². The van der Waals surface area contributed by atoms with Gasteiger partial charge in [0, 0.05) is 19.2 Å². The number of amides is 2. The van der Waals surface area contributed by atoms with Crippen molar-refractivity contribution in [3.8, 4) is 11.5 Å². The van der Waals surface area contributed by atoms with E-state index in [4.69, 9.17) is 14.2 Å². The van der Waals surface area contributed by atoms with Gasteiger partial charge in [-0.15, -0.1) is 5.10 Å². The fraction of sp³-hybridized carbons (Fsp3) is 0.462. The van der Waals surface area contributed by atoms with Crippen LogP contribution in [-0.4, -0.2) is 71.7 Å². The summed E-state index contributed by atoms with van der Waals surface area (Å²) in [4.78, 5) is 29.0. The zero-order chi connectivity index (χ0) is 26.3. The van der Waals surface area contributed by atoms with Gasteiger partial charge in [-0.05, 0) is 50.1 Å². The zero-order valence-electron chi connectivity index (χ0n) is 21.8. The van der Waals surface area contributed by atoms with Crippen molar-refractivity contribution in [1.29, 1.82) is 0 Å². The van der Waals surface area contributed by atoms with E-state index in [1.807, 2.05) is 45.0 Å². The molecule has 10 nitrogen and oxygen atoms in total. The summed E-state index contributed by atoms with van der Waals surface area (Å²) in [6.45, 7) is 6.24. The minimum atomic E-state index is -0.937. The second kappa shape index (κ2) is 11.9. The average Bonchev–Trinajstić information content (AvgIpc) is 3.28. The molecule has 3 rings (SSSR count). The number of fused-ring (bicyclic) bond motifs is 1. The SMILES string of the molecule is CCC(C)(C)NC(=O)[C@H](c1ccc(OC)c(OC)c1)N(CCOC)C(=O)Cn1nnc2ccccc21. The standard InChI is InChI=1S/C26H35N5O5/c1-7-26(2,3)27-25(33)24(18-12-13-21(35-5)22(16-18)36-6)30(14-15-34-4)23(32)17-31-20-11-9-8-10-19(20)28-29-31/h8-13,16,24H,7,14-15,17H2,1-6H3,(H,27,33)/t24-/m0/s1. The molecule has 0 aliphatic heterocycles. The average molecular weight is 498 g/mol. The Labute approximate surface area is 211 Å².